The molecule has 8 heteroatoms. The minimum absolute atomic E-state index is 0.0583. The van der Waals surface area contributed by atoms with Crippen molar-refractivity contribution in [1.82, 2.24) is 0 Å². The number of epoxide rings is 1. The minimum atomic E-state index is -2.09. The summed E-state index contributed by atoms with van der Waals surface area (Å²) in [4.78, 5) is 27.1. The molecule has 44 heavy (non-hydrogen) atoms. The monoisotopic (exact) mass is 638 g/mol. The standard InChI is InChI=1S/C36H54O6Si2/c1-11-43(7,8)39-21-25-22(3)19-29(40-33(25)38)23(4)26-13-14-27-24-20-32-36(41-32)31(42-44(9,10)12-2)16-15-30(37)35(36,6)28(24)17-18-34(26,27)5/h11-12,15-16,23-24,26-29,31-32H,1-2,13-14,17-21H2,3-10H3/t23-,24-,26+,27-,28-,29+,31-,32+,34+,35-,36+/m0/s1. The normalized spacial score (nSPS) is 43.8. The van der Waals surface area contributed by atoms with Crippen LogP contribution in [-0.2, 0) is 27.9 Å². The third kappa shape index (κ3) is 4.71. The largest absolute Gasteiger partial charge is 0.458 e. The summed E-state index contributed by atoms with van der Waals surface area (Å²) >= 11 is 0. The second kappa shape index (κ2) is 10.7. The van der Waals surface area contributed by atoms with Crippen molar-refractivity contribution in [2.45, 2.75) is 116 Å². The van der Waals surface area contributed by atoms with Gasteiger partial charge in [0.25, 0.3) is 0 Å². The van der Waals surface area contributed by atoms with Crippen molar-refractivity contribution >= 4 is 28.4 Å². The predicted molar refractivity (Wildman–Crippen MR) is 178 cm³/mol. The number of cyclic esters (lactones) is 1. The average Bonchev–Trinajstić information content (AvgIpc) is 3.60. The summed E-state index contributed by atoms with van der Waals surface area (Å²) in [6, 6.07) is 0. The Balaban J connectivity index is 1.20. The summed E-state index contributed by atoms with van der Waals surface area (Å²) in [6.45, 7) is 25.8. The molecule has 1 saturated heterocycles. The molecule has 242 valence electrons. The van der Waals surface area contributed by atoms with Crippen molar-refractivity contribution < 1.29 is 27.9 Å². The van der Waals surface area contributed by atoms with E-state index in [1.165, 1.54) is 6.42 Å². The Kier molecular flexibility index (Phi) is 7.89. The van der Waals surface area contributed by atoms with E-state index in [0.717, 1.165) is 37.7 Å². The third-order valence-electron chi connectivity index (χ3n) is 13.4. The van der Waals surface area contributed by atoms with Crippen molar-refractivity contribution in [3.05, 3.63) is 47.9 Å². The molecule has 6 aliphatic rings. The number of carbonyl (C=O) groups is 2. The minimum Gasteiger partial charge on any atom is -0.458 e. The van der Waals surface area contributed by atoms with Gasteiger partial charge in [0.05, 0.1) is 29.8 Å². The predicted octanol–water partition coefficient (Wildman–Crippen LogP) is 7.26. The molecule has 1 spiro atoms. The van der Waals surface area contributed by atoms with E-state index >= 15 is 0 Å². The Morgan fingerprint density at radius 1 is 1.07 bits per heavy atom. The lowest BCUT2D eigenvalue weighted by Crippen LogP contribution is -2.64. The van der Waals surface area contributed by atoms with Crippen LogP contribution in [0.5, 0.6) is 0 Å². The van der Waals surface area contributed by atoms with Gasteiger partial charge in [0.2, 0.25) is 16.6 Å². The molecule has 0 aromatic carbocycles. The fourth-order valence-corrected chi connectivity index (χ4v) is 12.1. The first-order valence-electron chi connectivity index (χ1n) is 16.9. The molecule has 2 heterocycles. The zero-order valence-electron chi connectivity index (χ0n) is 28.2. The lowest BCUT2D eigenvalue weighted by Gasteiger charge is -2.58. The van der Waals surface area contributed by atoms with Crippen LogP contribution in [0.1, 0.15) is 66.2 Å². The second-order valence-electron chi connectivity index (χ2n) is 16.4. The van der Waals surface area contributed by atoms with Crippen molar-refractivity contribution in [3.8, 4) is 0 Å². The maximum absolute atomic E-state index is 13.9. The lowest BCUT2D eigenvalue weighted by atomic mass is 9.44. The van der Waals surface area contributed by atoms with E-state index in [1.54, 1.807) is 6.08 Å². The number of hydrogen-bond acceptors (Lipinski definition) is 6. The number of fused-ring (bicyclic) bond motifs is 4. The van der Waals surface area contributed by atoms with Crippen LogP contribution < -0.4 is 0 Å². The van der Waals surface area contributed by atoms with Gasteiger partial charge in [0.1, 0.15) is 11.7 Å². The highest BCUT2D eigenvalue weighted by atomic mass is 28.4. The molecule has 11 atom stereocenters. The van der Waals surface area contributed by atoms with E-state index in [9.17, 15) is 9.59 Å². The Hall–Kier alpha value is -1.59. The van der Waals surface area contributed by atoms with E-state index in [0.29, 0.717) is 29.9 Å². The van der Waals surface area contributed by atoms with Crippen molar-refractivity contribution in [3.63, 3.8) is 0 Å². The summed E-state index contributed by atoms with van der Waals surface area (Å²) in [5.41, 5.74) is 4.69. The maximum atomic E-state index is 13.9. The summed E-state index contributed by atoms with van der Waals surface area (Å²) in [7, 11) is -4.07. The number of esters is 1. The third-order valence-corrected chi connectivity index (χ3v) is 17.1. The van der Waals surface area contributed by atoms with Gasteiger partial charge in [-0.3, -0.25) is 4.79 Å². The van der Waals surface area contributed by atoms with Gasteiger partial charge < -0.3 is 18.3 Å². The fraction of sp³-hybridized carbons (Fsp3) is 0.722. The van der Waals surface area contributed by atoms with E-state index in [4.69, 9.17) is 18.3 Å². The molecule has 0 unspecified atom stereocenters. The highest BCUT2D eigenvalue weighted by molar-refractivity contribution is 6.76. The van der Waals surface area contributed by atoms with Crippen LogP contribution in [0.25, 0.3) is 0 Å². The van der Waals surface area contributed by atoms with Crippen LogP contribution >= 0.6 is 0 Å². The quantitative estimate of drug-likeness (QED) is 0.150. The molecule has 0 amide bonds. The molecular weight excluding hydrogens is 585 g/mol. The SMILES string of the molecule is C=C[Si](C)(C)OCC1=C(C)C[C@H]([C@@H](C)[C@H]2CC[C@H]3[C@@H]4C[C@H]5O[C@]56[C@@H](O[Si](C)(C)C=C)C=CC(=O)[C@]6(C)[C@H]4CC[C@]23C)OC1=O. The van der Waals surface area contributed by atoms with Gasteiger partial charge in [-0.05, 0) is 113 Å². The molecule has 6 nitrogen and oxygen atoms in total. The second-order valence-corrected chi connectivity index (χ2v) is 24.1. The Morgan fingerprint density at radius 2 is 1.77 bits per heavy atom. The molecule has 6 rings (SSSR count). The van der Waals surface area contributed by atoms with Gasteiger partial charge in [-0.25, -0.2) is 4.79 Å². The average molecular weight is 639 g/mol. The van der Waals surface area contributed by atoms with Gasteiger partial charge >= 0.3 is 5.97 Å². The van der Waals surface area contributed by atoms with E-state index < -0.39 is 27.7 Å². The molecule has 2 aliphatic heterocycles. The van der Waals surface area contributed by atoms with Crippen LogP contribution in [0.2, 0.25) is 26.2 Å². The van der Waals surface area contributed by atoms with E-state index in [2.05, 4.69) is 67.0 Å². The highest BCUT2D eigenvalue weighted by Crippen LogP contribution is 2.73. The Bertz CT molecular complexity index is 1320. The zero-order chi connectivity index (χ0) is 32.0. The first kappa shape index (κ1) is 32.4. The molecule has 0 radical (unpaired) electrons. The van der Waals surface area contributed by atoms with Crippen LogP contribution in [-0.4, -0.2) is 58.9 Å². The Morgan fingerprint density at radius 3 is 2.43 bits per heavy atom. The van der Waals surface area contributed by atoms with Gasteiger partial charge in [0, 0.05) is 6.42 Å². The van der Waals surface area contributed by atoms with Crippen molar-refractivity contribution in [1.29, 1.82) is 0 Å². The molecule has 0 aromatic rings. The molecule has 3 saturated carbocycles. The van der Waals surface area contributed by atoms with Crippen molar-refractivity contribution in [2.75, 3.05) is 6.61 Å². The maximum Gasteiger partial charge on any atom is 0.336 e. The Labute approximate surface area is 267 Å². The smallest absolute Gasteiger partial charge is 0.336 e. The van der Waals surface area contributed by atoms with Crippen LogP contribution in [0.3, 0.4) is 0 Å². The lowest BCUT2D eigenvalue weighted by molar-refractivity contribution is -0.155. The first-order chi connectivity index (χ1) is 20.5. The molecule has 0 bridgehead atoms. The van der Waals surface area contributed by atoms with E-state index in [1.807, 2.05) is 17.5 Å². The number of carbonyl (C=O) groups excluding carboxylic acids is 2. The summed E-state index contributed by atoms with van der Waals surface area (Å²) < 4.78 is 25.7. The molecular formula is C36H54O6Si2. The topological polar surface area (TPSA) is 74.4 Å². The van der Waals surface area contributed by atoms with Crippen LogP contribution in [0.4, 0.5) is 0 Å². The number of allylic oxidation sites excluding steroid dienone is 1. The number of ketones is 1. The van der Waals surface area contributed by atoms with Gasteiger partial charge in [-0.15, -0.1) is 13.2 Å². The number of ether oxygens (including phenoxy) is 2. The molecule has 0 N–H and O–H groups in total. The molecule has 0 aromatic heterocycles. The fourth-order valence-electron chi connectivity index (χ4n) is 10.5. The number of rotatable bonds is 9. The summed E-state index contributed by atoms with van der Waals surface area (Å²) in [5, 5.41) is 0. The zero-order valence-corrected chi connectivity index (χ0v) is 30.2. The van der Waals surface area contributed by atoms with Crippen molar-refractivity contribution in [2.24, 2.45) is 40.4 Å². The number of hydrogen-bond donors (Lipinski definition) is 0. The van der Waals surface area contributed by atoms with Crippen LogP contribution in [0, 0.1) is 40.4 Å². The molecule has 4 aliphatic carbocycles. The summed E-state index contributed by atoms with van der Waals surface area (Å²) in [5.74, 6) is 2.02. The first-order valence-corrected chi connectivity index (χ1v) is 22.9. The van der Waals surface area contributed by atoms with Crippen LogP contribution in [0.15, 0.2) is 47.9 Å². The highest BCUT2D eigenvalue weighted by Gasteiger charge is 2.80. The molecule has 4 fully saturated rings. The summed E-state index contributed by atoms with van der Waals surface area (Å²) in [6.07, 6.45) is 9.73. The van der Waals surface area contributed by atoms with Gasteiger partial charge in [0.15, 0.2) is 5.78 Å². The van der Waals surface area contributed by atoms with Gasteiger partial charge in [-0.2, -0.15) is 0 Å². The van der Waals surface area contributed by atoms with Gasteiger partial charge in [-0.1, -0.05) is 36.9 Å². The van der Waals surface area contributed by atoms with E-state index in [-0.39, 0.29) is 47.3 Å².